The van der Waals surface area contributed by atoms with E-state index in [1.807, 2.05) is 0 Å². The molecule has 0 atom stereocenters. The predicted octanol–water partition coefficient (Wildman–Crippen LogP) is 4.59. The fraction of sp³-hybridized carbons (Fsp3) is 0.812. The fourth-order valence-electron chi connectivity index (χ4n) is 2.77. The summed E-state index contributed by atoms with van der Waals surface area (Å²) < 4.78 is 2.42. The van der Waals surface area contributed by atoms with Crippen molar-refractivity contribution in [3.8, 4) is 0 Å². The van der Waals surface area contributed by atoms with Gasteiger partial charge in [-0.05, 0) is 33.6 Å². The SMILES string of the molecule is CC(C)(C)c1cn(C(C)(C)C)c(C2CCCC2)n1. The van der Waals surface area contributed by atoms with Gasteiger partial charge in [0.2, 0.25) is 0 Å². The van der Waals surface area contributed by atoms with E-state index in [1.165, 1.54) is 37.2 Å². The van der Waals surface area contributed by atoms with Crippen molar-refractivity contribution in [2.24, 2.45) is 0 Å². The second-order valence-electron chi connectivity index (χ2n) is 7.76. The molecular weight excluding hydrogens is 220 g/mol. The molecule has 0 saturated heterocycles. The Morgan fingerprint density at radius 2 is 1.61 bits per heavy atom. The summed E-state index contributed by atoms with van der Waals surface area (Å²) in [6.45, 7) is 13.6. The van der Waals surface area contributed by atoms with E-state index in [0.29, 0.717) is 5.92 Å². The summed E-state index contributed by atoms with van der Waals surface area (Å²) in [5.41, 5.74) is 1.51. The van der Waals surface area contributed by atoms with Crippen LogP contribution in [0.1, 0.15) is 84.7 Å². The third-order valence-corrected chi connectivity index (χ3v) is 3.94. The van der Waals surface area contributed by atoms with E-state index in [2.05, 4.69) is 52.3 Å². The van der Waals surface area contributed by atoms with Crippen molar-refractivity contribution in [3.63, 3.8) is 0 Å². The van der Waals surface area contributed by atoms with Gasteiger partial charge in [-0.3, -0.25) is 0 Å². The Labute approximate surface area is 112 Å². The van der Waals surface area contributed by atoms with Crippen LogP contribution in [0.3, 0.4) is 0 Å². The molecule has 1 saturated carbocycles. The van der Waals surface area contributed by atoms with Gasteiger partial charge in [0.05, 0.1) is 5.69 Å². The van der Waals surface area contributed by atoms with Crippen LogP contribution in [0.25, 0.3) is 0 Å². The van der Waals surface area contributed by atoms with Gasteiger partial charge in [0, 0.05) is 23.1 Å². The number of imidazole rings is 1. The van der Waals surface area contributed by atoms with Gasteiger partial charge in [0.1, 0.15) is 5.82 Å². The largest absolute Gasteiger partial charge is 0.329 e. The van der Waals surface area contributed by atoms with E-state index in [1.54, 1.807) is 0 Å². The lowest BCUT2D eigenvalue weighted by atomic mass is 9.93. The molecule has 2 rings (SSSR count). The van der Waals surface area contributed by atoms with Gasteiger partial charge in [-0.15, -0.1) is 0 Å². The summed E-state index contributed by atoms with van der Waals surface area (Å²) in [6, 6.07) is 0. The minimum Gasteiger partial charge on any atom is -0.329 e. The van der Waals surface area contributed by atoms with Crippen molar-refractivity contribution in [1.29, 1.82) is 0 Å². The normalized spacial score (nSPS) is 18.6. The monoisotopic (exact) mass is 248 g/mol. The standard InChI is InChI=1S/C16H28N2/c1-15(2,3)13-11-18(16(4,5)6)14(17-13)12-9-7-8-10-12/h11-12H,7-10H2,1-6H3. The first-order valence-electron chi connectivity index (χ1n) is 7.30. The zero-order valence-corrected chi connectivity index (χ0v) is 12.9. The van der Waals surface area contributed by atoms with Crippen LogP contribution in [0, 0.1) is 0 Å². The molecule has 2 heteroatoms. The molecule has 2 nitrogen and oxygen atoms in total. The minimum absolute atomic E-state index is 0.133. The molecule has 1 aliphatic rings. The Hall–Kier alpha value is -0.790. The van der Waals surface area contributed by atoms with E-state index in [9.17, 15) is 0 Å². The van der Waals surface area contributed by atoms with Crippen molar-refractivity contribution in [3.05, 3.63) is 17.7 Å². The molecule has 102 valence electrons. The van der Waals surface area contributed by atoms with Crippen molar-refractivity contribution < 1.29 is 0 Å². The molecule has 0 amide bonds. The summed E-state index contributed by atoms with van der Waals surface area (Å²) in [7, 11) is 0. The number of hydrogen-bond donors (Lipinski definition) is 0. The molecule has 1 aliphatic carbocycles. The number of hydrogen-bond acceptors (Lipinski definition) is 1. The highest BCUT2D eigenvalue weighted by atomic mass is 15.1. The summed E-state index contributed by atoms with van der Waals surface area (Å²) in [6.07, 6.45) is 7.65. The quantitative estimate of drug-likeness (QED) is 0.710. The molecular formula is C16H28N2. The lowest BCUT2D eigenvalue weighted by molar-refractivity contribution is 0.371. The van der Waals surface area contributed by atoms with Crippen LogP contribution >= 0.6 is 0 Å². The van der Waals surface area contributed by atoms with E-state index < -0.39 is 0 Å². The van der Waals surface area contributed by atoms with Gasteiger partial charge in [-0.2, -0.15) is 0 Å². The molecule has 0 unspecified atom stereocenters. The zero-order valence-electron chi connectivity index (χ0n) is 12.9. The van der Waals surface area contributed by atoms with Gasteiger partial charge in [-0.25, -0.2) is 4.98 Å². The van der Waals surface area contributed by atoms with Gasteiger partial charge in [0.15, 0.2) is 0 Å². The first kappa shape index (κ1) is 13.6. The van der Waals surface area contributed by atoms with Crippen molar-refractivity contribution in [2.45, 2.75) is 84.1 Å². The second kappa shape index (κ2) is 4.40. The van der Waals surface area contributed by atoms with Crippen LogP contribution in [0.5, 0.6) is 0 Å². The molecule has 1 aromatic rings. The molecule has 0 N–H and O–H groups in total. The number of nitrogens with zero attached hydrogens (tertiary/aromatic N) is 2. The molecule has 0 bridgehead atoms. The van der Waals surface area contributed by atoms with E-state index in [-0.39, 0.29) is 11.0 Å². The third-order valence-electron chi connectivity index (χ3n) is 3.94. The Morgan fingerprint density at radius 3 is 2.06 bits per heavy atom. The number of aromatic nitrogens is 2. The maximum Gasteiger partial charge on any atom is 0.112 e. The van der Waals surface area contributed by atoms with Gasteiger partial charge in [-0.1, -0.05) is 33.6 Å². The zero-order chi connectivity index (χ0) is 13.6. The molecule has 0 aliphatic heterocycles. The van der Waals surface area contributed by atoms with Crippen LogP contribution in [-0.2, 0) is 11.0 Å². The lowest BCUT2D eigenvalue weighted by Gasteiger charge is -2.25. The van der Waals surface area contributed by atoms with Crippen LogP contribution in [0.4, 0.5) is 0 Å². The molecule has 0 aromatic carbocycles. The maximum atomic E-state index is 4.99. The summed E-state index contributed by atoms with van der Waals surface area (Å²) in [5, 5.41) is 0. The minimum atomic E-state index is 0.133. The van der Waals surface area contributed by atoms with Gasteiger partial charge in [0.25, 0.3) is 0 Å². The lowest BCUT2D eigenvalue weighted by Crippen LogP contribution is -2.24. The molecule has 1 aromatic heterocycles. The molecule has 0 spiro atoms. The van der Waals surface area contributed by atoms with Crippen LogP contribution in [0.2, 0.25) is 0 Å². The molecule has 1 fully saturated rings. The van der Waals surface area contributed by atoms with Crippen molar-refractivity contribution >= 4 is 0 Å². The van der Waals surface area contributed by atoms with Crippen LogP contribution in [0.15, 0.2) is 6.20 Å². The smallest absolute Gasteiger partial charge is 0.112 e. The Morgan fingerprint density at radius 1 is 1.06 bits per heavy atom. The van der Waals surface area contributed by atoms with Crippen LogP contribution in [-0.4, -0.2) is 9.55 Å². The highest BCUT2D eigenvalue weighted by molar-refractivity contribution is 5.18. The van der Waals surface area contributed by atoms with Gasteiger partial charge >= 0.3 is 0 Å². The van der Waals surface area contributed by atoms with Gasteiger partial charge < -0.3 is 4.57 Å². The Kier molecular flexibility index (Phi) is 3.33. The summed E-state index contributed by atoms with van der Waals surface area (Å²) >= 11 is 0. The van der Waals surface area contributed by atoms with Crippen molar-refractivity contribution in [2.75, 3.05) is 0 Å². The Balaban J connectivity index is 2.45. The molecule has 18 heavy (non-hydrogen) atoms. The average molecular weight is 248 g/mol. The predicted molar refractivity (Wildman–Crippen MR) is 77.1 cm³/mol. The van der Waals surface area contributed by atoms with E-state index >= 15 is 0 Å². The average Bonchev–Trinajstić information content (AvgIpc) is 2.84. The summed E-state index contributed by atoms with van der Waals surface area (Å²) in [5.74, 6) is 2.00. The molecule has 1 heterocycles. The highest BCUT2D eigenvalue weighted by Gasteiger charge is 2.29. The van der Waals surface area contributed by atoms with E-state index in [0.717, 1.165) is 0 Å². The second-order valence-corrected chi connectivity index (χ2v) is 7.76. The highest BCUT2D eigenvalue weighted by Crippen LogP contribution is 2.37. The Bertz CT molecular complexity index is 409. The summed E-state index contributed by atoms with van der Waals surface area (Å²) in [4.78, 5) is 4.99. The maximum absolute atomic E-state index is 4.99. The fourth-order valence-corrected chi connectivity index (χ4v) is 2.77. The first-order valence-corrected chi connectivity index (χ1v) is 7.30. The first-order chi connectivity index (χ1) is 8.19. The number of rotatable bonds is 1. The molecule has 0 radical (unpaired) electrons. The van der Waals surface area contributed by atoms with Crippen molar-refractivity contribution in [1.82, 2.24) is 9.55 Å². The third kappa shape index (κ3) is 2.62. The van der Waals surface area contributed by atoms with Crippen LogP contribution < -0.4 is 0 Å². The topological polar surface area (TPSA) is 17.8 Å². The van der Waals surface area contributed by atoms with E-state index in [4.69, 9.17) is 4.98 Å².